The molecule has 8 heteroatoms. The van der Waals surface area contributed by atoms with E-state index in [0.29, 0.717) is 11.9 Å². The summed E-state index contributed by atoms with van der Waals surface area (Å²) in [7, 11) is 1.86. The number of carbonyl (C=O) groups excluding carboxylic acids is 1. The van der Waals surface area contributed by atoms with Crippen molar-refractivity contribution in [1.29, 1.82) is 5.26 Å². The first-order valence-corrected chi connectivity index (χ1v) is 14.6. The Kier molecular flexibility index (Phi) is 8.43. The number of benzene rings is 1. The summed E-state index contributed by atoms with van der Waals surface area (Å²) < 4.78 is 8.13. The number of piperazine rings is 1. The van der Waals surface area contributed by atoms with E-state index >= 15 is 0 Å². The molecule has 212 valence electrons. The van der Waals surface area contributed by atoms with Gasteiger partial charge in [-0.25, -0.2) is 9.78 Å². The second-order valence-corrected chi connectivity index (χ2v) is 11.6. The molecule has 2 aromatic heterocycles. The van der Waals surface area contributed by atoms with Crippen molar-refractivity contribution in [2.24, 2.45) is 5.92 Å². The summed E-state index contributed by atoms with van der Waals surface area (Å²) in [5, 5.41) is 11.1. The molecule has 40 heavy (non-hydrogen) atoms. The van der Waals surface area contributed by atoms with E-state index < -0.39 is 0 Å². The molecule has 1 amide bonds. The van der Waals surface area contributed by atoms with Gasteiger partial charge < -0.3 is 19.4 Å². The molecule has 2 aliphatic heterocycles. The molecule has 3 aliphatic rings. The number of ether oxygens (including phenoxy) is 1. The van der Waals surface area contributed by atoms with E-state index in [1.165, 1.54) is 23.2 Å². The third kappa shape index (κ3) is 5.33. The molecular formula is C32H42N6O2. The highest BCUT2D eigenvalue weighted by Gasteiger charge is 2.37. The Hall–Kier alpha value is -3.41. The van der Waals surface area contributed by atoms with E-state index in [9.17, 15) is 4.79 Å². The molecule has 0 N–H and O–H groups in total. The lowest BCUT2D eigenvalue weighted by Gasteiger charge is -2.42. The van der Waals surface area contributed by atoms with Crippen molar-refractivity contribution in [2.45, 2.75) is 57.6 Å². The smallest absolute Gasteiger partial charge is 0.225 e. The second kappa shape index (κ2) is 12.0. The van der Waals surface area contributed by atoms with Gasteiger partial charge in [0.25, 0.3) is 0 Å². The van der Waals surface area contributed by atoms with Crippen molar-refractivity contribution >= 4 is 17.1 Å². The summed E-state index contributed by atoms with van der Waals surface area (Å²) in [5.74, 6) is 0.644. The molecule has 3 aromatic rings. The number of amides is 1. The lowest BCUT2D eigenvalue weighted by molar-refractivity contribution is -0.138. The molecule has 1 saturated carbocycles. The molecule has 3 fully saturated rings. The number of carbonyl (C=O) groups is 1. The van der Waals surface area contributed by atoms with E-state index in [1.54, 1.807) is 0 Å². The quantitative estimate of drug-likeness (QED) is 0.439. The number of piperidine rings is 1. The van der Waals surface area contributed by atoms with Gasteiger partial charge in [-0.15, -0.1) is 0 Å². The Balaban J connectivity index is 0.00000158. The number of hydrogen-bond acceptors (Lipinski definition) is 6. The van der Waals surface area contributed by atoms with E-state index in [1.807, 2.05) is 17.8 Å². The molecule has 1 aromatic carbocycles. The number of methoxy groups -OCH3 is 1. The number of hydrogen-bond donors (Lipinski definition) is 0. The highest BCUT2D eigenvalue weighted by molar-refractivity contribution is 5.82. The topological polar surface area (TPSA) is 77.1 Å². The van der Waals surface area contributed by atoms with E-state index in [4.69, 9.17) is 10.00 Å². The highest BCUT2D eigenvalue weighted by Crippen LogP contribution is 2.38. The molecule has 4 heterocycles. The fourth-order valence-electron chi connectivity index (χ4n) is 6.49. The maximum absolute atomic E-state index is 12.7. The summed E-state index contributed by atoms with van der Waals surface area (Å²) in [4.78, 5) is 19.7. The van der Waals surface area contributed by atoms with Crippen molar-refractivity contribution in [3.63, 3.8) is 0 Å². The van der Waals surface area contributed by atoms with Crippen LogP contribution in [0.25, 0.3) is 16.6 Å². The number of anilines is 1. The summed E-state index contributed by atoms with van der Waals surface area (Å²) in [5.41, 5.74) is 5.72. The van der Waals surface area contributed by atoms with Crippen molar-refractivity contribution in [3.8, 4) is 17.7 Å². The van der Waals surface area contributed by atoms with Crippen LogP contribution in [-0.2, 0) is 15.1 Å². The summed E-state index contributed by atoms with van der Waals surface area (Å²) in [6.07, 6.45) is 9.38. The number of likely N-dealkylation sites (tertiary alicyclic amines) is 1. The van der Waals surface area contributed by atoms with E-state index in [-0.39, 0.29) is 11.5 Å². The van der Waals surface area contributed by atoms with Gasteiger partial charge in [0.1, 0.15) is 0 Å². The van der Waals surface area contributed by atoms with Crippen molar-refractivity contribution in [1.82, 2.24) is 19.4 Å². The van der Waals surface area contributed by atoms with Crippen molar-refractivity contribution < 1.29 is 9.53 Å². The Labute approximate surface area is 238 Å². The normalized spacial score (nSPS) is 19.8. The number of nitrogens with zero attached hydrogens (tertiary/aromatic N) is 6. The predicted molar refractivity (Wildman–Crippen MR) is 158 cm³/mol. The monoisotopic (exact) mass is 542 g/mol. The molecule has 8 nitrogen and oxygen atoms in total. The molecule has 2 saturated heterocycles. The van der Waals surface area contributed by atoms with Gasteiger partial charge in [0.15, 0.2) is 0 Å². The minimum Gasteiger partial charge on any atom is -0.373 e. The van der Waals surface area contributed by atoms with Gasteiger partial charge in [-0.05, 0) is 62.8 Å². The minimum absolute atomic E-state index is 0.202. The van der Waals surface area contributed by atoms with E-state index in [2.05, 4.69) is 82.8 Å². The number of fused-ring (bicyclic) bond motifs is 1. The Morgan fingerprint density at radius 1 is 1.00 bits per heavy atom. The predicted octanol–water partition coefficient (Wildman–Crippen LogP) is 4.94. The zero-order chi connectivity index (χ0) is 28.3. The van der Waals surface area contributed by atoms with Crippen LogP contribution in [0.1, 0.15) is 51.5 Å². The molecular weight excluding hydrogens is 500 g/mol. The molecule has 6 rings (SSSR count). The average Bonchev–Trinajstić information content (AvgIpc) is 3.42. The first-order valence-electron chi connectivity index (χ1n) is 14.6. The van der Waals surface area contributed by atoms with Crippen LogP contribution >= 0.6 is 0 Å². The molecule has 0 atom stereocenters. The van der Waals surface area contributed by atoms with Crippen LogP contribution in [0, 0.1) is 17.8 Å². The van der Waals surface area contributed by atoms with Crippen LogP contribution in [0.5, 0.6) is 0 Å². The van der Waals surface area contributed by atoms with Crippen LogP contribution in [0.15, 0.2) is 48.8 Å². The first kappa shape index (κ1) is 28.1. The van der Waals surface area contributed by atoms with Crippen LogP contribution in [0.3, 0.4) is 0 Å². The van der Waals surface area contributed by atoms with Gasteiger partial charge in [-0.1, -0.05) is 30.7 Å². The van der Waals surface area contributed by atoms with Gasteiger partial charge in [0, 0.05) is 82.9 Å². The van der Waals surface area contributed by atoms with E-state index in [0.717, 1.165) is 76.0 Å². The Morgan fingerprint density at radius 2 is 1.68 bits per heavy atom. The number of rotatable bonds is 6. The molecule has 1 aliphatic carbocycles. The summed E-state index contributed by atoms with van der Waals surface area (Å²) in [6, 6.07) is 13.9. The maximum Gasteiger partial charge on any atom is 0.225 e. The zero-order valence-electron chi connectivity index (χ0n) is 24.1. The summed E-state index contributed by atoms with van der Waals surface area (Å²) >= 11 is 0. The van der Waals surface area contributed by atoms with Crippen molar-refractivity contribution in [3.05, 3.63) is 54.4 Å². The standard InChI is InChI=1S/C31H41N5O2.CHN/c1-23(2)33-15-12-31(38-3,13-16-33)27-9-7-24(8-10-27)26-21-29-28(11-14-32-36(29)22-26)34-17-19-35(20-18-34)30(37)25-5-4-6-25;1-2/h7-11,14,21-23,25H,4-6,12-13,15-20H2,1-3H3;1H. The SMILES string of the molecule is C#N.COC1(c2ccc(-c3cc4c(N5CCN(C(=O)C6CCC6)CC5)ccnn4c3)cc2)CCN(C(C)C)CC1. The second-order valence-electron chi connectivity index (χ2n) is 11.6. The fourth-order valence-corrected chi connectivity index (χ4v) is 6.49. The number of nitriles is 1. The highest BCUT2D eigenvalue weighted by atomic mass is 16.5. The maximum atomic E-state index is 12.7. The lowest BCUT2D eigenvalue weighted by Crippen LogP contribution is -2.51. The molecule has 0 unspecified atom stereocenters. The third-order valence-electron chi connectivity index (χ3n) is 9.34. The summed E-state index contributed by atoms with van der Waals surface area (Å²) in [6.45, 7) is 13.5. The largest absolute Gasteiger partial charge is 0.373 e. The van der Waals surface area contributed by atoms with Gasteiger partial charge in [-0.3, -0.25) is 4.79 Å². The fraction of sp³-hybridized carbons (Fsp3) is 0.531. The van der Waals surface area contributed by atoms with Crippen LogP contribution in [-0.4, -0.2) is 77.7 Å². The van der Waals surface area contributed by atoms with Crippen molar-refractivity contribution in [2.75, 3.05) is 51.3 Å². The van der Waals surface area contributed by atoms with Crippen LogP contribution < -0.4 is 4.90 Å². The van der Waals surface area contributed by atoms with Gasteiger partial charge >= 0.3 is 0 Å². The average molecular weight is 543 g/mol. The van der Waals surface area contributed by atoms with Gasteiger partial charge in [-0.2, -0.15) is 5.10 Å². The first-order chi connectivity index (χ1) is 19.5. The van der Waals surface area contributed by atoms with Crippen LogP contribution in [0.4, 0.5) is 5.69 Å². The third-order valence-corrected chi connectivity index (χ3v) is 9.34. The Bertz CT molecular complexity index is 1310. The molecule has 0 spiro atoms. The molecule has 0 bridgehead atoms. The Morgan fingerprint density at radius 3 is 2.25 bits per heavy atom. The minimum atomic E-state index is -0.202. The zero-order valence-corrected chi connectivity index (χ0v) is 24.1. The number of aromatic nitrogens is 2. The lowest BCUT2D eigenvalue weighted by atomic mass is 9.83. The van der Waals surface area contributed by atoms with Gasteiger partial charge in [0.05, 0.1) is 16.8 Å². The van der Waals surface area contributed by atoms with Crippen LogP contribution in [0.2, 0.25) is 0 Å². The molecule has 0 radical (unpaired) electrons. The van der Waals surface area contributed by atoms with Gasteiger partial charge in [0.2, 0.25) is 5.91 Å².